The zero-order chi connectivity index (χ0) is 34.4. The minimum absolute atomic E-state index is 0.901. The normalized spacial score (nSPS) is 11.5. The van der Waals surface area contributed by atoms with Crippen LogP contribution < -0.4 is 0 Å². The number of rotatable bonds is 6. The summed E-state index contributed by atoms with van der Waals surface area (Å²) in [7, 11) is 0. The standard InChI is InChI=1S/C48H32N4/c1-3-16-39(17-4-1)51-45-23-9-7-20-41(45)42-32-34(25-26-46(42)51)37-29-36(33-14-13-15-35(28-33)43-21-11-12-27-49-43)30-38(31-37)48-50-44-22-8-10-24-47(44)52(48)40-18-5-2-6-19-40/h1-32H. The Bertz CT molecular complexity index is 2890. The summed E-state index contributed by atoms with van der Waals surface area (Å²) in [6.45, 7) is 0. The predicted molar refractivity (Wildman–Crippen MR) is 215 cm³/mol. The molecule has 0 N–H and O–H groups in total. The summed E-state index contributed by atoms with van der Waals surface area (Å²) >= 11 is 0. The van der Waals surface area contributed by atoms with Crippen molar-refractivity contribution in [2.45, 2.75) is 0 Å². The first-order chi connectivity index (χ1) is 25.8. The Balaban J connectivity index is 1.22. The fourth-order valence-electron chi connectivity index (χ4n) is 7.55. The molecule has 7 aromatic carbocycles. The summed E-state index contributed by atoms with van der Waals surface area (Å²) in [5.74, 6) is 0.901. The Labute approximate surface area is 301 Å². The van der Waals surface area contributed by atoms with E-state index in [1.807, 2.05) is 18.3 Å². The summed E-state index contributed by atoms with van der Waals surface area (Å²) < 4.78 is 4.64. The smallest absolute Gasteiger partial charge is 0.145 e. The van der Waals surface area contributed by atoms with Gasteiger partial charge in [-0.05, 0) is 113 Å². The fraction of sp³-hybridized carbons (Fsp3) is 0. The molecule has 244 valence electrons. The number of benzene rings is 7. The van der Waals surface area contributed by atoms with Crippen molar-refractivity contribution in [3.8, 4) is 56.3 Å². The average Bonchev–Trinajstić information content (AvgIpc) is 3.78. The molecule has 3 heterocycles. The topological polar surface area (TPSA) is 35.6 Å². The Kier molecular flexibility index (Phi) is 7.10. The highest BCUT2D eigenvalue weighted by Crippen LogP contribution is 2.39. The van der Waals surface area contributed by atoms with Gasteiger partial charge in [0.1, 0.15) is 5.82 Å². The van der Waals surface area contributed by atoms with Gasteiger partial charge in [0, 0.05) is 39.5 Å². The molecule has 0 amide bonds. The maximum atomic E-state index is 5.27. The minimum Gasteiger partial charge on any atom is -0.309 e. The second-order valence-electron chi connectivity index (χ2n) is 13.1. The number of imidazole rings is 1. The van der Waals surface area contributed by atoms with Gasteiger partial charge < -0.3 is 4.57 Å². The van der Waals surface area contributed by atoms with Crippen LogP contribution in [-0.4, -0.2) is 19.1 Å². The van der Waals surface area contributed by atoms with Gasteiger partial charge >= 0.3 is 0 Å². The summed E-state index contributed by atoms with van der Waals surface area (Å²) in [5, 5.41) is 2.45. The number of hydrogen-bond donors (Lipinski definition) is 0. The first-order valence-corrected chi connectivity index (χ1v) is 17.6. The van der Waals surface area contributed by atoms with Gasteiger partial charge in [0.15, 0.2) is 0 Å². The van der Waals surface area contributed by atoms with Crippen LogP contribution in [0.15, 0.2) is 194 Å². The Morgan fingerprint density at radius 2 is 0.942 bits per heavy atom. The summed E-state index contributed by atoms with van der Waals surface area (Å²) in [6.07, 6.45) is 1.85. The molecule has 0 atom stereocenters. The molecule has 0 spiro atoms. The average molecular weight is 665 g/mol. The molecule has 10 rings (SSSR count). The van der Waals surface area contributed by atoms with Crippen LogP contribution in [0.4, 0.5) is 0 Å². The predicted octanol–water partition coefficient (Wildman–Crippen LogP) is 12.2. The highest BCUT2D eigenvalue weighted by Gasteiger charge is 2.18. The molecule has 4 nitrogen and oxygen atoms in total. The third kappa shape index (κ3) is 5.09. The Morgan fingerprint density at radius 1 is 0.346 bits per heavy atom. The van der Waals surface area contributed by atoms with Crippen LogP contribution in [-0.2, 0) is 0 Å². The zero-order valence-electron chi connectivity index (χ0n) is 28.3. The molecule has 0 aliphatic carbocycles. The molecule has 52 heavy (non-hydrogen) atoms. The molecule has 3 aromatic heterocycles. The first-order valence-electron chi connectivity index (χ1n) is 17.6. The van der Waals surface area contributed by atoms with Crippen molar-refractivity contribution < 1.29 is 0 Å². The van der Waals surface area contributed by atoms with Crippen molar-refractivity contribution in [3.05, 3.63) is 194 Å². The highest BCUT2D eigenvalue weighted by atomic mass is 15.1. The van der Waals surface area contributed by atoms with Crippen LogP contribution in [0.5, 0.6) is 0 Å². The molecule has 4 heteroatoms. The van der Waals surface area contributed by atoms with Crippen LogP contribution in [0.1, 0.15) is 0 Å². The molecule has 0 radical (unpaired) electrons. The van der Waals surface area contributed by atoms with Gasteiger partial charge in [0.05, 0.1) is 27.8 Å². The fourth-order valence-corrected chi connectivity index (χ4v) is 7.55. The third-order valence-corrected chi connectivity index (χ3v) is 9.94. The Morgan fingerprint density at radius 3 is 1.71 bits per heavy atom. The van der Waals surface area contributed by atoms with E-state index in [4.69, 9.17) is 4.98 Å². The van der Waals surface area contributed by atoms with Gasteiger partial charge in [0.25, 0.3) is 0 Å². The van der Waals surface area contributed by atoms with E-state index in [9.17, 15) is 0 Å². The summed E-state index contributed by atoms with van der Waals surface area (Å²) in [4.78, 5) is 9.92. The van der Waals surface area contributed by atoms with E-state index in [2.05, 4.69) is 190 Å². The van der Waals surface area contributed by atoms with E-state index in [0.29, 0.717) is 0 Å². The van der Waals surface area contributed by atoms with Crippen molar-refractivity contribution in [1.29, 1.82) is 0 Å². The molecular formula is C48H32N4. The molecule has 0 aliphatic rings. The third-order valence-electron chi connectivity index (χ3n) is 9.94. The SMILES string of the molecule is c1ccc(-n2c(-c3cc(-c4cccc(-c5ccccn5)c4)cc(-c4ccc5c(c4)c4ccccc4n5-c4ccccc4)c3)nc3ccccc32)cc1. The lowest BCUT2D eigenvalue weighted by Gasteiger charge is -2.14. The number of fused-ring (bicyclic) bond motifs is 4. The van der Waals surface area contributed by atoms with Gasteiger partial charge in [-0.25, -0.2) is 4.98 Å². The lowest BCUT2D eigenvalue weighted by molar-refractivity contribution is 1.10. The van der Waals surface area contributed by atoms with E-state index in [1.54, 1.807) is 0 Å². The van der Waals surface area contributed by atoms with Crippen LogP contribution >= 0.6 is 0 Å². The van der Waals surface area contributed by atoms with E-state index in [-0.39, 0.29) is 0 Å². The van der Waals surface area contributed by atoms with Gasteiger partial charge in [-0.1, -0.05) is 97.1 Å². The first kappa shape index (κ1) is 29.8. The zero-order valence-corrected chi connectivity index (χ0v) is 28.3. The molecule has 10 aromatic rings. The van der Waals surface area contributed by atoms with Crippen molar-refractivity contribution >= 4 is 32.8 Å². The quantitative estimate of drug-likeness (QED) is 0.177. The molecule has 0 bridgehead atoms. The van der Waals surface area contributed by atoms with Gasteiger partial charge in [-0.15, -0.1) is 0 Å². The molecule has 0 saturated heterocycles. The van der Waals surface area contributed by atoms with Crippen LogP contribution in [0, 0.1) is 0 Å². The van der Waals surface area contributed by atoms with Crippen molar-refractivity contribution in [2.75, 3.05) is 0 Å². The number of hydrogen-bond acceptors (Lipinski definition) is 2. The van der Waals surface area contributed by atoms with Gasteiger partial charge in [-0.3, -0.25) is 9.55 Å². The number of aromatic nitrogens is 4. The summed E-state index contributed by atoms with van der Waals surface area (Å²) in [5.41, 5.74) is 14.2. The van der Waals surface area contributed by atoms with Crippen molar-refractivity contribution in [1.82, 2.24) is 19.1 Å². The second-order valence-corrected chi connectivity index (χ2v) is 13.1. The van der Waals surface area contributed by atoms with E-state index >= 15 is 0 Å². The van der Waals surface area contributed by atoms with Crippen LogP contribution in [0.3, 0.4) is 0 Å². The van der Waals surface area contributed by atoms with Gasteiger partial charge in [0.2, 0.25) is 0 Å². The highest BCUT2D eigenvalue weighted by molar-refractivity contribution is 6.10. The molecular weight excluding hydrogens is 633 g/mol. The number of pyridine rings is 1. The second kappa shape index (κ2) is 12.4. The lowest BCUT2D eigenvalue weighted by atomic mass is 9.94. The molecule has 0 unspecified atom stereocenters. The maximum absolute atomic E-state index is 5.27. The lowest BCUT2D eigenvalue weighted by Crippen LogP contribution is -1.98. The molecule has 0 fully saturated rings. The molecule has 0 saturated carbocycles. The van der Waals surface area contributed by atoms with E-state index in [1.165, 1.54) is 21.8 Å². The van der Waals surface area contributed by atoms with Crippen LogP contribution in [0.2, 0.25) is 0 Å². The van der Waals surface area contributed by atoms with Crippen molar-refractivity contribution in [2.24, 2.45) is 0 Å². The van der Waals surface area contributed by atoms with Gasteiger partial charge in [-0.2, -0.15) is 0 Å². The molecule has 0 aliphatic heterocycles. The van der Waals surface area contributed by atoms with E-state index < -0.39 is 0 Å². The van der Waals surface area contributed by atoms with Crippen molar-refractivity contribution in [3.63, 3.8) is 0 Å². The number of para-hydroxylation sites is 5. The minimum atomic E-state index is 0.901. The van der Waals surface area contributed by atoms with E-state index in [0.717, 1.165) is 67.3 Å². The maximum Gasteiger partial charge on any atom is 0.145 e. The monoisotopic (exact) mass is 664 g/mol. The number of nitrogens with zero attached hydrogens (tertiary/aromatic N) is 4. The van der Waals surface area contributed by atoms with Crippen LogP contribution in [0.25, 0.3) is 89.1 Å². The Hall–Kier alpha value is -7.04. The summed E-state index contributed by atoms with van der Waals surface area (Å²) in [6, 6.07) is 66.7. The largest absolute Gasteiger partial charge is 0.309 e.